The summed E-state index contributed by atoms with van der Waals surface area (Å²) in [6.45, 7) is 6.19. The van der Waals surface area contributed by atoms with Gasteiger partial charge in [-0.25, -0.2) is 18.4 Å². The van der Waals surface area contributed by atoms with Crippen molar-refractivity contribution in [1.82, 2.24) is 9.97 Å². The molecule has 0 aliphatic carbocycles. The quantitative estimate of drug-likeness (QED) is 0.845. The number of amides is 1. The molecule has 1 atom stereocenters. The smallest absolute Gasteiger partial charge is 0.277 e. The topological polar surface area (TPSA) is 92.3 Å². The summed E-state index contributed by atoms with van der Waals surface area (Å²) in [6.07, 6.45) is 0.521. The van der Waals surface area contributed by atoms with Gasteiger partial charge in [0.15, 0.2) is 9.84 Å². The van der Waals surface area contributed by atoms with Crippen LogP contribution in [-0.4, -0.2) is 48.4 Å². The van der Waals surface area contributed by atoms with E-state index in [0.29, 0.717) is 24.6 Å². The standard InChI is InChI=1S/C19H24N4O3S/c1-4-23(16-7-5-6-13(2)10-16)18(24)17-11-14(3)20-19(22-17)21-15-8-9-27(25,26)12-15/h5-7,10-11,15H,4,8-9,12H2,1-3H3,(H,20,21,22). The fourth-order valence-electron chi connectivity index (χ4n) is 3.21. The minimum atomic E-state index is -3.00. The minimum absolute atomic E-state index is 0.0674. The van der Waals surface area contributed by atoms with Gasteiger partial charge in [0.1, 0.15) is 5.69 Å². The summed E-state index contributed by atoms with van der Waals surface area (Å²) in [4.78, 5) is 23.4. The number of hydrogen-bond donors (Lipinski definition) is 1. The molecular weight excluding hydrogens is 364 g/mol. The molecule has 2 aromatic rings. The first-order chi connectivity index (χ1) is 12.8. The SMILES string of the molecule is CCN(C(=O)c1cc(C)nc(NC2CCS(=O)(=O)C2)n1)c1cccc(C)c1. The second kappa shape index (κ2) is 7.64. The summed E-state index contributed by atoms with van der Waals surface area (Å²) in [5.41, 5.74) is 2.82. The third-order valence-electron chi connectivity index (χ3n) is 4.51. The Bertz CT molecular complexity index is 959. The van der Waals surface area contributed by atoms with E-state index >= 15 is 0 Å². The highest BCUT2D eigenvalue weighted by molar-refractivity contribution is 7.91. The molecule has 1 unspecified atom stereocenters. The van der Waals surface area contributed by atoms with Crippen molar-refractivity contribution >= 4 is 27.4 Å². The second-order valence-electron chi connectivity index (χ2n) is 6.85. The molecule has 7 nitrogen and oxygen atoms in total. The van der Waals surface area contributed by atoms with Crippen molar-refractivity contribution in [2.24, 2.45) is 0 Å². The van der Waals surface area contributed by atoms with E-state index in [4.69, 9.17) is 0 Å². The molecule has 144 valence electrons. The molecule has 0 radical (unpaired) electrons. The van der Waals surface area contributed by atoms with Crippen molar-refractivity contribution in [2.45, 2.75) is 33.2 Å². The summed E-state index contributed by atoms with van der Waals surface area (Å²) in [5.74, 6) is 0.313. The van der Waals surface area contributed by atoms with Gasteiger partial charge in [-0.2, -0.15) is 0 Å². The maximum atomic E-state index is 13.0. The number of anilines is 2. The zero-order valence-electron chi connectivity index (χ0n) is 15.8. The monoisotopic (exact) mass is 388 g/mol. The maximum absolute atomic E-state index is 13.0. The van der Waals surface area contributed by atoms with Crippen molar-refractivity contribution in [3.05, 3.63) is 47.3 Å². The van der Waals surface area contributed by atoms with Gasteiger partial charge >= 0.3 is 0 Å². The van der Waals surface area contributed by atoms with Crippen molar-refractivity contribution in [3.63, 3.8) is 0 Å². The fraction of sp³-hybridized carbons (Fsp3) is 0.421. The predicted octanol–water partition coefficient (Wildman–Crippen LogP) is 2.36. The van der Waals surface area contributed by atoms with Gasteiger partial charge in [0, 0.05) is 24.0 Å². The third kappa shape index (κ3) is 4.63. The first-order valence-electron chi connectivity index (χ1n) is 8.98. The molecule has 1 fully saturated rings. The van der Waals surface area contributed by atoms with Crippen LogP contribution in [0.25, 0.3) is 0 Å². The number of carbonyl (C=O) groups is 1. The zero-order valence-corrected chi connectivity index (χ0v) is 16.6. The number of benzene rings is 1. The summed E-state index contributed by atoms with van der Waals surface area (Å²) < 4.78 is 23.3. The number of carbonyl (C=O) groups excluding carboxylic acids is 1. The van der Waals surface area contributed by atoms with Gasteiger partial charge in [-0.05, 0) is 51.0 Å². The zero-order chi connectivity index (χ0) is 19.6. The Morgan fingerprint density at radius 3 is 2.67 bits per heavy atom. The largest absolute Gasteiger partial charge is 0.350 e. The van der Waals surface area contributed by atoms with Crippen LogP contribution in [0.2, 0.25) is 0 Å². The molecule has 1 aliphatic rings. The Hall–Kier alpha value is -2.48. The van der Waals surface area contributed by atoms with Crippen LogP contribution >= 0.6 is 0 Å². The lowest BCUT2D eigenvalue weighted by molar-refractivity contribution is 0.0983. The molecular formula is C19H24N4O3S. The Morgan fingerprint density at radius 2 is 2.04 bits per heavy atom. The second-order valence-corrected chi connectivity index (χ2v) is 9.08. The van der Waals surface area contributed by atoms with Crippen LogP contribution in [0.5, 0.6) is 0 Å². The molecule has 1 saturated heterocycles. The molecule has 1 aromatic carbocycles. The normalized spacial score (nSPS) is 18.3. The van der Waals surface area contributed by atoms with E-state index in [-0.39, 0.29) is 29.1 Å². The van der Waals surface area contributed by atoms with Crippen molar-refractivity contribution < 1.29 is 13.2 Å². The molecule has 3 rings (SSSR count). The predicted molar refractivity (Wildman–Crippen MR) is 106 cm³/mol. The Morgan fingerprint density at radius 1 is 1.26 bits per heavy atom. The van der Waals surface area contributed by atoms with Gasteiger partial charge in [0.25, 0.3) is 5.91 Å². The number of nitrogens with zero attached hydrogens (tertiary/aromatic N) is 3. The lowest BCUT2D eigenvalue weighted by Crippen LogP contribution is -2.32. The maximum Gasteiger partial charge on any atom is 0.277 e. The van der Waals surface area contributed by atoms with E-state index in [1.165, 1.54) is 0 Å². The number of rotatable bonds is 5. The third-order valence-corrected chi connectivity index (χ3v) is 6.28. The van der Waals surface area contributed by atoms with E-state index in [1.54, 1.807) is 17.9 Å². The molecule has 8 heteroatoms. The van der Waals surface area contributed by atoms with Crippen molar-refractivity contribution in [2.75, 3.05) is 28.3 Å². The highest BCUT2D eigenvalue weighted by atomic mass is 32.2. The van der Waals surface area contributed by atoms with E-state index in [2.05, 4.69) is 15.3 Å². The lowest BCUT2D eigenvalue weighted by atomic mass is 10.2. The summed E-state index contributed by atoms with van der Waals surface area (Å²) in [6, 6.07) is 9.17. The number of aryl methyl sites for hydroxylation is 2. The van der Waals surface area contributed by atoms with Crippen LogP contribution in [-0.2, 0) is 9.84 Å². The van der Waals surface area contributed by atoms with Gasteiger partial charge in [-0.15, -0.1) is 0 Å². The summed E-state index contributed by atoms with van der Waals surface area (Å²) in [5, 5.41) is 3.07. The molecule has 27 heavy (non-hydrogen) atoms. The van der Waals surface area contributed by atoms with Gasteiger partial charge in [0.2, 0.25) is 5.95 Å². The average molecular weight is 388 g/mol. The van der Waals surface area contributed by atoms with Gasteiger partial charge < -0.3 is 10.2 Å². The van der Waals surface area contributed by atoms with Crippen molar-refractivity contribution in [1.29, 1.82) is 0 Å². The van der Waals surface area contributed by atoms with E-state index < -0.39 is 9.84 Å². The van der Waals surface area contributed by atoms with Crippen LogP contribution < -0.4 is 10.2 Å². The minimum Gasteiger partial charge on any atom is -0.350 e. The summed E-state index contributed by atoms with van der Waals surface area (Å²) in [7, 11) is -3.00. The van der Waals surface area contributed by atoms with E-state index in [0.717, 1.165) is 11.3 Å². The highest BCUT2D eigenvalue weighted by Crippen LogP contribution is 2.20. The van der Waals surface area contributed by atoms with Crippen LogP contribution in [0.3, 0.4) is 0 Å². The number of nitrogens with one attached hydrogen (secondary N) is 1. The lowest BCUT2D eigenvalue weighted by Gasteiger charge is -2.21. The molecule has 1 amide bonds. The molecule has 0 saturated carbocycles. The number of sulfone groups is 1. The summed E-state index contributed by atoms with van der Waals surface area (Å²) >= 11 is 0. The average Bonchev–Trinajstić information content (AvgIpc) is 2.93. The molecule has 2 heterocycles. The first kappa shape index (κ1) is 19.3. The molecule has 1 aliphatic heterocycles. The van der Waals surface area contributed by atoms with Gasteiger partial charge in [-0.1, -0.05) is 12.1 Å². The van der Waals surface area contributed by atoms with Crippen LogP contribution in [0.15, 0.2) is 30.3 Å². The molecule has 1 aromatic heterocycles. The molecule has 0 spiro atoms. The first-order valence-corrected chi connectivity index (χ1v) is 10.8. The number of aromatic nitrogens is 2. The Balaban J connectivity index is 1.85. The van der Waals surface area contributed by atoms with Gasteiger partial charge in [0.05, 0.1) is 11.5 Å². The van der Waals surface area contributed by atoms with E-state index in [1.807, 2.05) is 38.1 Å². The number of hydrogen-bond acceptors (Lipinski definition) is 6. The van der Waals surface area contributed by atoms with E-state index in [9.17, 15) is 13.2 Å². The molecule has 1 N–H and O–H groups in total. The van der Waals surface area contributed by atoms with Crippen LogP contribution in [0.4, 0.5) is 11.6 Å². The highest BCUT2D eigenvalue weighted by Gasteiger charge is 2.28. The Kier molecular flexibility index (Phi) is 5.46. The van der Waals surface area contributed by atoms with Crippen LogP contribution in [0.1, 0.15) is 35.1 Å². The molecule has 0 bridgehead atoms. The van der Waals surface area contributed by atoms with Gasteiger partial charge in [-0.3, -0.25) is 4.79 Å². The van der Waals surface area contributed by atoms with Crippen LogP contribution in [0, 0.1) is 13.8 Å². The fourth-order valence-corrected chi connectivity index (χ4v) is 4.88. The Labute approximate surface area is 159 Å². The van der Waals surface area contributed by atoms with Crippen molar-refractivity contribution in [3.8, 4) is 0 Å².